The van der Waals surface area contributed by atoms with Crippen LogP contribution in [0.1, 0.15) is 23.7 Å². The third-order valence-electron chi connectivity index (χ3n) is 4.62. The van der Waals surface area contributed by atoms with Crippen molar-refractivity contribution in [3.63, 3.8) is 0 Å². The Bertz CT molecular complexity index is 1180. The molecular weight excluding hydrogens is 470 g/mol. The Morgan fingerprint density at radius 1 is 1.12 bits per heavy atom. The number of nitrogens with one attached hydrogen (secondary N) is 1. The van der Waals surface area contributed by atoms with Crippen LogP contribution >= 0.6 is 11.8 Å². The van der Waals surface area contributed by atoms with Crippen LogP contribution < -0.4 is 15.4 Å². The van der Waals surface area contributed by atoms with Gasteiger partial charge in [0.15, 0.2) is 0 Å². The minimum atomic E-state index is -3.83. The molecule has 0 saturated carbocycles. The van der Waals surface area contributed by atoms with E-state index in [1.807, 2.05) is 0 Å². The van der Waals surface area contributed by atoms with Crippen molar-refractivity contribution in [1.82, 2.24) is 0 Å². The Labute approximate surface area is 194 Å². The molecule has 1 fully saturated rings. The van der Waals surface area contributed by atoms with Gasteiger partial charge in [0.1, 0.15) is 0 Å². The van der Waals surface area contributed by atoms with Crippen LogP contribution in [0, 0.1) is 0 Å². The van der Waals surface area contributed by atoms with Crippen molar-refractivity contribution in [3.05, 3.63) is 54.1 Å². The summed E-state index contributed by atoms with van der Waals surface area (Å²) in [4.78, 5) is 50.1. The van der Waals surface area contributed by atoms with Crippen molar-refractivity contribution < 1.29 is 32.3 Å². The van der Waals surface area contributed by atoms with Crippen LogP contribution in [-0.4, -0.2) is 49.7 Å². The molecule has 174 valence electrons. The number of nitrogens with two attached hydrogens (primary N) is 1. The second kappa shape index (κ2) is 10.1. The number of ether oxygens (including phenoxy) is 1. The summed E-state index contributed by atoms with van der Waals surface area (Å²) in [6.07, 6.45) is -0.0561. The Kier molecular flexibility index (Phi) is 7.51. The Hall–Kier alpha value is -3.22. The van der Waals surface area contributed by atoms with Gasteiger partial charge in [-0.05, 0) is 55.5 Å². The molecule has 1 aliphatic heterocycles. The number of amides is 3. The molecular formula is C21H21N3O7S2. The fourth-order valence-electron chi connectivity index (χ4n) is 3.07. The minimum absolute atomic E-state index is 0.0561. The number of hydrogen-bond donors (Lipinski definition) is 2. The normalized spacial score (nSPS) is 16.1. The van der Waals surface area contributed by atoms with E-state index in [2.05, 4.69) is 5.32 Å². The molecule has 2 aromatic rings. The zero-order valence-corrected chi connectivity index (χ0v) is 19.1. The lowest BCUT2D eigenvalue weighted by Crippen LogP contribution is -2.31. The fourth-order valence-corrected chi connectivity index (χ4v) is 4.52. The second-order valence-corrected chi connectivity index (χ2v) is 9.71. The monoisotopic (exact) mass is 491 g/mol. The highest BCUT2D eigenvalue weighted by atomic mass is 32.2. The molecule has 1 heterocycles. The standard InChI is InChI=1S/C21H21N3O7S2/c1-2-31-21(28)13-3-7-15(8-4-13)24-19(26)11-17(20(24)27)32-12-18(25)23-14-5-9-16(10-6-14)33(22,29)30/h3-10,17H,2,11-12H2,1H3,(H,23,25)(H2,22,29,30)/t17-/m0/s1. The molecule has 3 rings (SSSR count). The molecule has 1 saturated heterocycles. The van der Waals surface area contributed by atoms with Gasteiger partial charge in [0, 0.05) is 12.1 Å². The lowest BCUT2D eigenvalue weighted by atomic mass is 10.2. The summed E-state index contributed by atoms with van der Waals surface area (Å²) in [5, 5.41) is 6.90. The Balaban J connectivity index is 1.57. The lowest BCUT2D eigenvalue weighted by Gasteiger charge is -2.15. The maximum atomic E-state index is 12.7. The third-order valence-corrected chi connectivity index (χ3v) is 6.75. The van der Waals surface area contributed by atoms with Gasteiger partial charge in [-0.25, -0.2) is 23.3 Å². The molecule has 33 heavy (non-hydrogen) atoms. The first kappa shape index (κ1) is 24.4. The number of primary sulfonamides is 1. The van der Waals surface area contributed by atoms with Gasteiger partial charge < -0.3 is 10.1 Å². The van der Waals surface area contributed by atoms with E-state index in [0.717, 1.165) is 16.7 Å². The van der Waals surface area contributed by atoms with E-state index in [1.165, 1.54) is 48.5 Å². The molecule has 1 atom stereocenters. The van der Waals surface area contributed by atoms with Crippen molar-refractivity contribution in [2.24, 2.45) is 5.14 Å². The van der Waals surface area contributed by atoms with Gasteiger partial charge in [-0.1, -0.05) is 0 Å². The molecule has 0 unspecified atom stereocenters. The number of thioether (sulfide) groups is 1. The van der Waals surface area contributed by atoms with Gasteiger partial charge in [0.2, 0.25) is 27.7 Å². The first-order chi connectivity index (χ1) is 15.6. The summed E-state index contributed by atoms with van der Waals surface area (Å²) in [5.41, 5.74) is 1.00. The van der Waals surface area contributed by atoms with E-state index in [9.17, 15) is 27.6 Å². The predicted octanol–water partition coefficient (Wildman–Crippen LogP) is 1.51. The van der Waals surface area contributed by atoms with Crippen LogP contribution in [0.25, 0.3) is 0 Å². The van der Waals surface area contributed by atoms with Crippen LogP contribution in [0.5, 0.6) is 0 Å². The van der Waals surface area contributed by atoms with Crippen molar-refractivity contribution in [3.8, 4) is 0 Å². The van der Waals surface area contributed by atoms with Gasteiger partial charge in [-0.15, -0.1) is 11.8 Å². The number of carbonyl (C=O) groups is 4. The molecule has 0 bridgehead atoms. The number of sulfonamides is 1. The average Bonchev–Trinajstić information content (AvgIpc) is 3.05. The van der Waals surface area contributed by atoms with Gasteiger partial charge in [0.05, 0.1) is 33.8 Å². The highest BCUT2D eigenvalue weighted by Crippen LogP contribution is 2.30. The van der Waals surface area contributed by atoms with E-state index < -0.39 is 39.0 Å². The van der Waals surface area contributed by atoms with Gasteiger partial charge in [0.25, 0.3) is 0 Å². The summed E-state index contributed by atoms with van der Waals surface area (Å²) in [6, 6.07) is 11.3. The zero-order valence-electron chi connectivity index (χ0n) is 17.5. The van der Waals surface area contributed by atoms with Crippen LogP contribution in [0.15, 0.2) is 53.4 Å². The largest absolute Gasteiger partial charge is 0.462 e. The summed E-state index contributed by atoms with van der Waals surface area (Å²) >= 11 is 1.03. The Morgan fingerprint density at radius 3 is 2.33 bits per heavy atom. The predicted molar refractivity (Wildman–Crippen MR) is 122 cm³/mol. The van der Waals surface area contributed by atoms with Crippen molar-refractivity contribution in [2.75, 3.05) is 22.6 Å². The van der Waals surface area contributed by atoms with Crippen molar-refractivity contribution >= 4 is 56.9 Å². The van der Waals surface area contributed by atoms with E-state index in [1.54, 1.807) is 6.92 Å². The number of benzene rings is 2. The molecule has 0 spiro atoms. The molecule has 3 N–H and O–H groups in total. The molecule has 1 aliphatic rings. The summed E-state index contributed by atoms with van der Waals surface area (Å²) in [5.74, 6) is -1.85. The third kappa shape index (κ3) is 5.97. The number of hydrogen-bond acceptors (Lipinski definition) is 8. The fraction of sp³-hybridized carbons (Fsp3) is 0.238. The van der Waals surface area contributed by atoms with Crippen LogP contribution in [0.2, 0.25) is 0 Å². The highest BCUT2D eigenvalue weighted by molar-refractivity contribution is 8.01. The molecule has 0 aliphatic carbocycles. The van der Waals surface area contributed by atoms with E-state index >= 15 is 0 Å². The summed E-state index contributed by atoms with van der Waals surface area (Å²) in [6.45, 7) is 1.92. The number of carbonyl (C=O) groups excluding carboxylic acids is 4. The number of anilines is 2. The topological polar surface area (TPSA) is 153 Å². The van der Waals surface area contributed by atoms with Crippen LogP contribution in [-0.2, 0) is 29.1 Å². The number of esters is 1. The smallest absolute Gasteiger partial charge is 0.338 e. The maximum absolute atomic E-state index is 12.7. The van der Waals surface area contributed by atoms with Gasteiger partial charge >= 0.3 is 5.97 Å². The molecule has 3 amide bonds. The van der Waals surface area contributed by atoms with Crippen molar-refractivity contribution in [1.29, 1.82) is 0 Å². The van der Waals surface area contributed by atoms with Crippen LogP contribution in [0.4, 0.5) is 11.4 Å². The number of rotatable bonds is 8. The first-order valence-corrected chi connectivity index (χ1v) is 12.4. The quantitative estimate of drug-likeness (QED) is 0.416. The van der Waals surface area contributed by atoms with E-state index in [4.69, 9.17) is 9.88 Å². The lowest BCUT2D eigenvalue weighted by molar-refractivity contribution is -0.121. The molecule has 0 aromatic heterocycles. The average molecular weight is 492 g/mol. The van der Waals surface area contributed by atoms with Gasteiger partial charge in [-0.3, -0.25) is 14.4 Å². The van der Waals surface area contributed by atoms with Gasteiger partial charge in [-0.2, -0.15) is 0 Å². The number of nitrogens with zero attached hydrogens (tertiary/aromatic N) is 1. The van der Waals surface area contributed by atoms with E-state index in [-0.39, 0.29) is 23.7 Å². The molecule has 0 radical (unpaired) electrons. The maximum Gasteiger partial charge on any atom is 0.338 e. The van der Waals surface area contributed by atoms with E-state index in [0.29, 0.717) is 16.9 Å². The SMILES string of the molecule is CCOC(=O)c1ccc(N2C(=O)C[C@H](SCC(=O)Nc3ccc(S(N)(=O)=O)cc3)C2=O)cc1. The molecule has 2 aromatic carbocycles. The highest BCUT2D eigenvalue weighted by Gasteiger charge is 2.40. The number of imide groups is 1. The first-order valence-electron chi connectivity index (χ1n) is 9.78. The van der Waals surface area contributed by atoms with Crippen molar-refractivity contribution in [2.45, 2.75) is 23.5 Å². The Morgan fingerprint density at radius 2 is 1.76 bits per heavy atom. The summed E-state index contributed by atoms with van der Waals surface area (Å²) < 4.78 is 27.5. The molecule has 12 heteroatoms. The van der Waals surface area contributed by atoms with Crippen LogP contribution in [0.3, 0.4) is 0 Å². The minimum Gasteiger partial charge on any atom is -0.462 e. The zero-order chi connectivity index (χ0) is 24.2. The molecule has 10 nitrogen and oxygen atoms in total. The second-order valence-electron chi connectivity index (χ2n) is 6.96. The summed E-state index contributed by atoms with van der Waals surface area (Å²) in [7, 11) is -3.83.